The Labute approximate surface area is 155 Å². The van der Waals surface area contributed by atoms with Crippen molar-refractivity contribution in [3.63, 3.8) is 0 Å². The van der Waals surface area contributed by atoms with Crippen molar-refractivity contribution < 1.29 is 14.3 Å². The number of nitrogens with one attached hydrogen (secondary N) is 1. The average molecular weight is 366 g/mol. The summed E-state index contributed by atoms with van der Waals surface area (Å²) in [5.41, 5.74) is 1.91. The van der Waals surface area contributed by atoms with E-state index in [1.165, 1.54) is 11.8 Å². The molecule has 1 aromatic heterocycles. The number of hydrogen-bond donors (Lipinski definition) is 1. The fourth-order valence-electron chi connectivity index (χ4n) is 2.73. The van der Waals surface area contributed by atoms with Crippen LogP contribution in [-0.2, 0) is 11.3 Å². The summed E-state index contributed by atoms with van der Waals surface area (Å²) in [4.78, 5) is 17.0. The van der Waals surface area contributed by atoms with E-state index in [4.69, 9.17) is 9.47 Å². The SMILES string of the molecule is C[C@H](Sc1ccc2ccccc2n1)C(=O)NCc1ccc2c(c1)OCO2. The predicted molar refractivity (Wildman–Crippen MR) is 101 cm³/mol. The Morgan fingerprint density at radius 3 is 2.92 bits per heavy atom. The molecule has 1 aliphatic rings. The predicted octanol–water partition coefficient (Wildman–Crippen LogP) is 3.76. The average Bonchev–Trinajstić information content (AvgIpc) is 3.13. The van der Waals surface area contributed by atoms with Crippen LogP contribution in [0.5, 0.6) is 11.5 Å². The van der Waals surface area contributed by atoms with Crippen LogP contribution in [0.1, 0.15) is 12.5 Å². The third-order valence-corrected chi connectivity index (χ3v) is 5.18. The van der Waals surface area contributed by atoms with Crippen LogP contribution in [0.2, 0.25) is 0 Å². The molecule has 0 spiro atoms. The van der Waals surface area contributed by atoms with E-state index >= 15 is 0 Å². The van der Waals surface area contributed by atoms with E-state index in [-0.39, 0.29) is 18.0 Å². The third-order valence-electron chi connectivity index (χ3n) is 4.14. The Balaban J connectivity index is 1.36. The number of hydrogen-bond acceptors (Lipinski definition) is 5. The number of thioether (sulfide) groups is 1. The van der Waals surface area contributed by atoms with Gasteiger partial charge in [0.1, 0.15) is 0 Å². The van der Waals surface area contributed by atoms with Gasteiger partial charge in [-0.2, -0.15) is 0 Å². The van der Waals surface area contributed by atoms with Crippen molar-refractivity contribution >= 4 is 28.6 Å². The number of rotatable bonds is 5. The molecule has 2 aromatic carbocycles. The summed E-state index contributed by atoms with van der Waals surface area (Å²) in [6.07, 6.45) is 0. The molecule has 0 radical (unpaired) electrons. The number of nitrogens with zero attached hydrogens (tertiary/aromatic N) is 1. The Morgan fingerprint density at radius 2 is 2.00 bits per heavy atom. The second-order valence-electron chi connectivity index (χ2n) is 6.01. The molecular weight excluding hydrogens is 348 g/mol. The number of aromatic nitrogens is 1. The van der Waals surface area contributed by atoms with E-state index in [0.29, 0.717) is 6.54 Å². The number of amides is 1. The number of benzene rings is 2. The summed E-state index contributed by atoms with van der Waals surface area (Å²) >= 11 is 1.45. The molecule has 26 heavy (non-hydrogen) atoms. The highest BCUT2D eigenvalue weighted by Crippen LogP contribution is 2.32. The number of carbonyl (C=O) groups excluding carboxylic acids is 1. The van der Waals surface area contributed by atoms with Gasteiger partial charge in [-0.15, -0.1) is 0 Å². The molecule has 3 aromatic rings. The lowest BCUT2D eigenvalue weighted by molar-refractivity contribution is -0.120. The van der Waals surface area contributed by atoms with Gasteiger partial charge in [-0.05, 0) is 36.8 Å². The highest BCUT2D eigenvalue weighted by Gasteiger charge is 2.17. The smallest absolute Gasteiger partial charge is 0.233 e. The summed E-state index contributed by atoms with van der Waals surface area (Å²) in [6.45, 7) is 2.58. The van der Waals surface area contributed by atoms with E-state index in [0.717, 1.165) is 33.0 Å². The van der Waals surface area contributed by atoms with E-state index in [2.05, 4.69) is 10.3 Å². The first-order valence-electron chi connectivity index (χ1n) is 8.38. The highest BCUT2D eigenvalue weighted by molar-refractivity contribution is 8.00. The molecular formula is C20H18N2O3S. The minimum absolute atomic E-state index is 0.0253. The minimum atomic E-state index is -0.238. The van der Waals surface area contributed by atoms with E-state index < -0.39 is 0 Å². The van der Waals surface area contributed by atoms with E-state index in [1.807, 2.05) is 61.5 Å². The Bertz CT molecular complexity index is 961. The molecule has 1 aliphatic heterocycles. The zero-order chi connectivity index (χ0) is 17.9. The van der Waals surface area contributed by atoms with Gasteiger partial charge in [0, 0.05) is 11.9 Å². The van der Waals surface area contributed by atoms with Crippen LogP contribution >= 0.6 is 11.8 Å². The molecule has 0 fully saturated rings. The first kappa shape index (κ1) is 16.7. The summed E-state index contributed by atoms with van der Waals surface area (Å²) < 4.78 is 10.7. The van der Waals surface area contributed by atoms with Gasteiger partial charge in [0.05, 0.1) is 15.8 Å². The van der Waals surface area contributed by atoms with Crippen LogP contribution < -0.4 is 14.8 Å². The van der Waals surface area contributed by atoms with Gasteiger partial charge < -0.3 is 14.8 Å². The van der Waals surface area contributed by atoms with Crippen molar-refractivity contribution in [1.29, 1.82) is 0 Å². The molecule has 1 atom stereocenters. The van der Waals surface area contributed by atoms with E-state index in [9.17, 15) is 4.79 Å². The number of ether oxygens (including phenoxy) is 2. The van der Waals surface area contributed by atoms with Gasteiger partial charge in [0.2, 0.25) is 12.7 Å². The van der Waals surface area contributed by atoms with Crippen molar-refractivity contribution in [3.8, 4) is 11.5 Å². The van der Waals surface area contributed by atoms with Crippen molar-refractivity contribution in [3.05, 3.63) is 60.2 Å². The highest BCUT2D eigenvalue weighted by atomic mass is 32.2. The standard InChI is InChI=1S/C20H18N2O3S/c1-13(26-19-9-7-15-4-2-3-5-16(15)22-19)20(23)21-11-14-6-8-17-18(10-14)25-12-24-17/h2-10,13H,11-12H2,1H3,(H,21,23)/t13-/m0/s1. The topological polar surface area (TPSA) is 60.5 Å². The molecule has 5 nitrogen and oxygen atoms in total. The number of pyridine rings is 1. The van der Waals surface area contributed by atoms with Crippen LogP contribution in [0, 0.1) is 0 Å². The largest absolute Gasteiger partial charge is 0.454 e. The molecule has 0 bridgehead atoms. The number of para-hydroxylation sites is 1. The zero-order valence-electron chi connectivity index (χ0n) is 14.3. The lowest BCUT2D eigenvalue weighted by atomic mass is 10.2. The van der Waals surface area contributed by atoms with Gasteiger partial charge in [0.25, 0.3) is 0 Å². The molecule has 0 saturated carbocycles. The summed E-state index contributed by atoms with van der Waals surface area (Å²) in [7, 11) is 0. The maximum Gasteiger partial charge on any atom is 0.233 e. The quantitative estimate of drug-likeness (QED) is 0.697. The molecule has 132 valence electrons. The van der Waals surface area contributed by atoms with Gasteiger partial charge in [0.15, 0.2) is 11.5 Å². The number of carbonyl (C=O) groups is 1. The molecule has 6 heteroatoms. The normalized spacial score (nSPS) is 13.6. The van der Waals surface area contributed by atoms with Crippen molar-refractivity contribution in [1.82, 2.24) is 10.3 Å². The molecule has 2 heterocycles. The third kappa shape index (κ3) is 3.60. The van der Waals surface area contributed by atoms with E-state index in [1.54, 1.807) is 0 Å². The zero-order valence-corrected chi connectivity index (χ0v) is 15.1. The van der Waals surface area contributed by atoms with Gasteiger partial charge in [-0.3, -0.25) is 4.79 Å². The fourth-order valence-corrected chi connectivity index (χ4v) is 3.58. The second-order valence-corrected chi connectivity index (χ2v) is 7.37. The van der Waals surface area contributed by atoms with Crippen LogP contribution in [-0.4, -0.2) is 22.9 Å². The minimum Gasteiger partial charge on any atom is -0.454 e. The maximum absolute atomic E-state index is 12.4. The van der Waals surface area contributed by atoms with Gasteiger partial charge in [-0.25, -0.2) is 4.98 Å². The monoisotopic (exact) mass is 366 g/mol. The fraction of sp³-hybridized carbons (Fsp3) is 0.200. The molecule has 0 aliphatic carbocycles. The van der Waals surface area contributed by atoms with Crippen molar-refractivity contribution in [2.45, 2.75) is 23.7 Å². The van der Waals surface area contributed by atoms with Crippen LogP contribution in [0.15, 0.2) is 59.6 Å². The van der Waals surface area contributed by atoms with Gasteiger partial charge in [-0.1, -0.05) is 42.1 Å². The number of fused-ring (bicyclic) bond motifs is 2. The Hall–Kier alpha value is -2.73. The Morgan fingerprint density at radius 1 is 1.15 bits per heavy atom. The second kappa shape index (κ2) is 7.25. The van der Waals surface area contributed by atoms with Crippen molar-refractivity contribution in [2.75, 3.05) is 6.79 Å². The summed E-state index contributed by atoms with van der Waals surface area (Å²) in [5.74, 6) is 1.44. The molecule has 0 saturated heterocycles. The van der Waals surface area contributed by atoms with Crippen LogP contribution in [0.3, 0.4) is 0 Å². The maximum atomic E-state index is 12.4. The van der Waals surface area contributed by atoms with Crippen LogP contribution in [0.4, 0.5) is 0 Å². The molecule has 1 N–H and O–H groups in total. The Kier molecular flexibility index (Phi) is 4.67. The first-order chi connectivity index (χ1) is 12.7. The summed E-state index contributed by atoms with van der Waals surface area (Å²) in [5, 5.41) is 4.66. The lowest BCUT2D eigenvalue weighted by Crippen LogP contribution is -2.30. The molecule has 0 unspecified atom stereocenters. The van der Waals surface area contributed by atoms with Crippen molar-refractivity contribution in [2.24, 2.45) is 0 Å². The lowest BCUT2D eigenvalue weighted by Gasteiger charge is -2.12. The van der Waals surface area contributed by atoms with Crippen LogP contribution in [0.25, 0.3) is 10.9 Å². The first-order valence-corrected chi connectivity index (χ1v) is 9.26. The summed E-state index contributed by atoms with van der Waals surface area (Å²) in [6, 6.07) is 17.6. The molecule has 4 rings (SSSR count). The van der Waals surface area contributed by atoms with Gasteiger partial charge >= 0.3 is 0 Å². The molecule has 1 amide bonds.